The number of rotatable bonds is 3. The van der Waals surface area contributed by atoms with E-state index in [1.54, 1.807) is 0 Å². The van der Waals surface area contributed by atoms with E-state index < -0.39 is 0 Å². The molecule has 0 saturated carbocycles. The Morgan fingerprint density at radius 1 is 1.25 bits per heavy atom. The van der Waals surface area contributed by atoms with E-state index in [0.717, 1.165) is 17.9 Å². The summed E-state index contributed by atoms with van der Waals surface area (Å²) in [6.07, 6.45) is 2.85. The van der Waals surface area contributed by atoms with Crippen molar-refractivity contribution in [2.75, 3.05) is 13.1 Å². The average molecular weight is 169 g/mol. The van der Waals surface area contributed by atoms with Crippen LogP contribution in [0.2, 0.25) is 0 Å². The van der Waals surface area contributed by atoms with E-state index in [4.69, 9.17) is 0 Å². The van der Waals surface area contributed by atoms with Gasteiger partial charge in [-0.1, -0.05) is 13.8 Å². The molecule has 0 unspecified atom stereocenters. The average Bonchev–Trinajstić information content (AvgIpc) is 2.34. The van der Waals surface area contributed by atoms with Crippen molar-refractivity contribution in [2.24, 2.45) is 11.8 Å². The Hall–Kier alpha value is -0.0400. The van der Waals surface area contributed by atoms with Crippen LogP contribution in [0.25, 0.3) is 0 Å². The summed E-state index contributed by atoms with van der Waals surface area (Å²) in [4.78, 5) is 2.60. The van der Waals surface area contributed by atoms with Crippen molar-refractivity contribution in [2.45, 2.75) is 46.6 Å². The highest BCUT2D eigenvalue weighted by Gasteiger charge is 2.24. The summed E-state index contributed by atoms with van der Waals surface area (Å²) in [5.74, 6) is 1.86. The zero-order valence-corrected chi connectivity index (χ0v) is 9.01. The van der Waals surface area contributed by atoms with Crippen molar-refractivity contribution in [3.8, 4) is 0 Å². The van der Waals surface area contributed by atoms with Crippen LogP contribution in [-0.2, 0) is 0 Å². The molecule has 0 aliphatic carbocycles. The van der Waals surface area contributed by atoms with Gasteiger partial charge in [0.2, 0.25) is 0 Å². The zero-order chi connectivity index (χ0) is 9.14. The molecule has 1 fully saturated rings. The minimum Gasteiger partial charge on any atom is -0.301 e. The first-order chi connectivity index (χ1) is 5.59. The maximum absolute atomic E-state index is 2.60. The van der Waals surface area contributed by atoms with Crippen LogP contribution < -0.4 is 0 Å². The smallest absolute Gasteiger partial charge is 0.00387 e. The first-order valence-corrected chi connectivity index (χ1v) is 5.33. The van der Waals surface area contributed by atoms with Crippen molar-refractivity contribution >= 4 is 0 Å². The summed E-state index contributed by atoms with van der Waals surface area (Å²) in [6, 6.07) is 0.752. The number of nitrogens with zero attached hydrogens (tertiary/aromatic N) is 1. The van der Waals surface area contributed by atoms with E-state index in [0.29, 0.717) is 0 Å². The van der Waals surface area contributed by atoms with Crippen LogP contribution in [-0.4, -0.2) is 24.0 Å². The molecule has 12 heavy (non-hydrogen) atoms. The Labute approximate surface area is 77.1 Å². The van der Waals surface area contributed by atoms with Gasteiger partial charge >= 0.3 is 0 Å². The second kappa shape index (κ2) is 4.27. The third-order valence-corrected chi connectivity index (χ3v) is 2.85. The number of hydrogen-bond acceptors (Lipinski definition) is 1. The third-order valence-electron chi connectivity index (χ3n) is 2.85. The molecular formula is C11H23N. The summed E-state index contributed by atoms with van der Waals surface area (Å²) in [7, 11) is 0. The van der Waals surface area contributed by atoms with Crippen LogP contribution in [0.3, 0.4) is 0 Å². The van der Waals surface area contributed by atoms with E-state index >= 15 is 0 Å². The molecule has 1 saturated heterocycles. The Bertz CT molecular complexity index is 129. The molecule has 1 heterocycles. The molecule has 1 rings (SSSR count). The molecule has 0 N–H and O–H groups in total. The lowest BCUT2D eigenvalue weighted by molar-refractivity contribution is 0.259. The summed E-state index contributed by atoms with van der Waals surface area (Å²) in [5.41, 5.74) is 0. The van der Waals surface area contributed by atoms with Crippen molar-refractivity contribution in [3.05, 3.63) is 0 Å². The van der Waals surface area contributed by atoms with Crippen LogP contribution in [0.1, 0.15) is 40.5 Å². The van der Waals surface area contributed by atoms with Crippen LogP contribution in [0.4, 0.5) is 0 Å². The SMILES string of the molecule is CC(C)C[C@H]1CCN(C(C)C)C1. The summed E-state index contributed by atoms with van der Waals surface area (Å²) in [5, 5.41) is 0. The monoisotopic (exact) mass is 169 g/mol. The fraction of sp³-hybridized carbons (Fsp3) is 1.00. The first kappa shape index (κ1) is 10.0. The van der Waals surface area contributed by atoms with Crippen LogP contribution in [0, 0.1) is 11.8 Å². The molecule has 72 valence electrons. The normalized spacial score (nSPS) is 26.0. The van der Waals surface area contributed by atoms with E-state index in [9.17, 15) is 0 Å². The molecule has 0 bridgehead atoms. The minimum absolute atomic E-state index is 0.752. The van der Waals surface area contributed by atoms with Gasteiger partial charge in [0.15, 0.2) is 0 Å². The summed E-state index contributed by atoms with van der Waals surface area (Å²) < 4.78 is 0. The second-order valence-electron chi connectivity index (χ2n) is 4.87. The molecule has 0 aromatic rings. The van der Waals surface area contributed by atoms with Gasteiger partial charge in [0, 0.05) is 12.6 Å². The molecular weight excluding hydrogens is 146 g/mol. The van der Waals surface area contributed by atoms with Crippen LogP contribution >= 0.6 is 0 Å². The molecule has 1 aliphatic rings. The van der Waals surface area contributed by atoms with Gasteiger partial charge in [0.25, 0.3) is 0 Å². The Morgan fingerprint density at radius 3 is 2.33 bits per heavy atom. The highest BCUT2D eigenvalue weighted by Crippen LogP contribution is 2.24. The molecule has 1 aliphatic heterocycles. The Balaban J connectivity index is 2.26. The van der Waals surface area contributed by atoms with Gasteiger partial charge in [0.05, 0.1) is 0 Å². The van der Waals surface area contributed by atoms with E-state index in [1.807, 2.05) is 0 Å². The fourth-order valence-corrected chi connectivity index (χ4v) is 2.19. The topological polar surface area (TPSA) is 3.24 Å². The van der Waals surface area contributed by atoms with Crippen molar-refractivity contribution in [1.29, 1.82) is 0 Å². The molecule has 0 aromatic carbocycles. The molecule has 0 amide bonds. The fourth-order valence-electron chi connectivity index (χ4n) is 2.19. The van der Waals surface area contributed by atoms with Gasteiger partial charge in [-0.25, -0.2) is 0 Å². The largest absolute Gasteiger partial charge is 0.301 e. The Kier molecular flexibility index (Phi) is 3.57. The summed E-state index contributed by atoms with van der Waals surface area (Å²) in [6.45, 7) is 11.9. The first-order valence-electron chi connectivity index (χ1n) is 5.33. The van der Waals surface area contributed by atoms with Crippen molar-refractivity contribution < 1.29 is 0 Å². The van der Waals surface area contributed by atoms with E-state index in [2.05, 4.69) is 32.6 Å². The Morgan fingerprint density at radius 2 is 1.92 bits per heavy atom. The predicted octanol–water partition coefficient (Wildman–Crippen LogP) is 2.76. The molecule has 1 heteroatoms. The molecule has 1 nitrogen and oxygen atoms in total. The maximum Gasteiger partial charge on any atom is 0.00387 e. The van der Waals surface area contributed by atoms with Gasteiger partial charge in [-0.2, -0.15) is 0 Å². The van der Waals surface area contributed by atoms with Gasteiger partial charge in [-0.3, -0.25) is 0 Å². The third kappa shape index (κ3) is 2.78. The lowest BCUT2D eigenvalue weighted by atomic mass is 9.97. The highest BCUT2D eigenvalue weighted by atomic mass is 15.2. The van der Waals surface area contributed by atoms with Crippen molar-refractivity contribution in [1.82, 2.24) is 4.90 Å². The number of hydrogen-bond donors (Lipinski definition) is 0. The van der Waals surface area contributed by atoms with Gasteiger partial charge in [-0.15, -0.1) is 0 Å². The van der Waals surface area contributed by atoms with Crippen LogP contribution in [0.15, 0.2) is 0 Å². The summed E-state index contributed by atoms with van der Waals surface area (Å²) >= 11 is 0. The molecule has 1 atom stereocenters. The van der Waals surface area contributed by atoms with Crippen LogP contribution in [0.5, 0.6) is 0 Å². The highest BCUT2D eigenvalue weighted by molar-refractivity contribution is 4.78. The van der Waals surface area contributed by atoms with Gasteiger partial charge in [0.1, 0.15) is 0 Å². The lowest BCUT2D eigenvalue weighted by Gasteiger charge is -2.20. The van der Waals surface area contributed by atoms with E-state index in [1.165, 1.54) is 25.9 Å². The molecule has 0 radical (unpaired) electrons. The predicted molar refractivity (Wildman–Crippen MR) is 54.3 cm³/mol. The second-order valence-corrected chi connectivity index (χ2v) is 4.87. The van der Waals surface area contributed by atoms with Gasteiger partial charge < -0.3 is 4.90 Å². The quantitative estimate of drug-likeness (QED) is 0.628. The van der Waals surface area contributed by atoms with Gasteiger partial charge in [-0.05, 0) is 45.1 Å². The minimum atomic E-state index is 0.752. The zero-order valence-electron chi connectivity index (χ0n) is 9.01. The molecule has 0 spiro atoms. The molecule has 0 aromatic heterocycles. The maximum atomic E-state index is 2.60. The van der Waals surface area contributed by atoms with Crippen molar-refractivity contribution in [3.63, 3.8) is 0 Å². The standard InChI is InChI=1S/C11H23N/c1-9(2)7-11-5-6-12(8-11)10(3)4/h9-11H,5-8H2,1-4H3/t11-/m1/s1. The lowest BCUT2D eigenvalue weighted by Crippen LogP contribution is -2.28. The van der Waals surface area contributed by atoms with E-state index in [-0.39, 0.29) is 0 Å². The number of likely N-dealkylation sites (tertiary alicyclic amines) is 1.